The third-order valence-electron chi connectivity index (χ3n) is 2.15. The van der Waals surface area contributed by atoms with Gasteiger partial charge in [0.05, 0.1) is 31.3 Å². The number of aromatic nitrogens is 4. The third kappa shape index (κ3) is 2.22. The molecule has 102 valence electrons. The Morgan fingerprint density at radius 2 is 1.70 bits per heavy atom. The molecule has 0 bridgehead atoms. The second-order valence-corrected chi connectivity index (χ2v) is 3.32. The summed E-state index contributed by atoms with van der Waals surface area (Å²) in [5, 5.41) is 41.5. The van der Waals surface area contributed by atoms with Gasteiger partial charge in [0.2, 0.25) is 0 Å². The lowest BCUT2D eigenvalue weighted by atomic mass is 10.2. The standard InChI is InChI=1S/C7H3N7O6/c15-12(16)4-1-2-5(6(3-4)13(17)18)11-9-7(8-10-11)14(19)20/h1-3H. The summed E-state index contributed by atoms with van der Waals surface area (Å²) in [6.45, 7) is 0. The van der Waals surface area contributed by atoms with Crippen LogP contribution in [0.25, 0.3) is 5.69 Å². The van der Waals surface area contributed by atoms with Crippen molar-refractivity contribution >= 4 is 17.3 Å². The van der Waals surface area contributed by atoms with Crippen LogP contribution >= 0.6 is 0 Å². The average molecular weight is 281 g/mol. The molecule has 2 aromatic rings. The molecule has 0 radical (unpaired) electrons. The van der Waals surface area contributed by atoms with Crippen LogP contribution in [0.1, 0.15) is 0 Å². The second-order valence-electron chi connectivity index (χ2n) is 3.32. The van der Waals surface area contributed by atoms with Gasteiger partial charge in [-0.25, -0.2) is 0 Å². The Labute approximate surface area is 107 Å². The summed E-state index contributed by atoms with van der Waals surface area (Å²) in [6, 6.07) is 2.68. The van der Waals surface area contributed by atoms with Crippen LogP contribution in [-0.2, 0) is 0 Å². The number of tetrazole rings is 1. The predicted molar refractivity (Wildman–Crippen MR) is 59.1 cm³/mol. The number of hydrogen-bond acceptors (Lipinski definition) is 9. The molecule has 0 N–H and O–H groups in total. The largest absolute Gasteiger partial charge is 0.515 e. The van der Waals surface area contributed by atoms with Gasteiger partial charge in [-0.3, -0.25) is 20.2 Å². The minimum atomic E-state index is -0.930. The average Bonchev–Trinajstić information content (AvgIpc) is 2.87. The van der Waals surface area contributed by atoms with Crippen LogP contribution in [0.4, 0.5) is 17.3 Å². The van der Waals surface area contributed by atoms with Crippen LogP contribution in [0, 0.1) is 30.3 Å². The lowest BCUT2D eigenvalue weighted by Gasteiger charge is -1.97. The van der Waals surface area contributed by atoms with E-state index in [4.69, 9.17) is 0 Å². The van der Waals surface area contributed by atoms with E-state index in [9.17, 15) is 30.3 Å². The normalized spacial score (nSPS) is 10.2. The summed E-state index contributed by atoms with van der Waals surface area (Å²) in [5.41, 5.74) is -1.46. The molecule has 13 heteroatoms. The Morgan fingerprint density at radius 1 is 1.00 bits per heavy atom. The zero-order valence-corrected chi connectivity index (χ0v) is 9.31. The first-order valence-corrected chi connectivity index (χ1v) is 4.78. The molecule has 0 aliphatic rings. The Hall–Kier alpha value is -3.51. The first-order valence-electron chi connectivity index (χ1n) is 4.78. The fraction of sp³-hybridized carbons (Fsp3) is 0. The topological polar surface area (TPSA) is 173 Å². The van der Waals surface area contributed by atoms with Crippen LogP contribution in [0.5, 0.6) is 0 Å². The highest BCUT2D eigenvalue weighted by Crippen LogP contribution is 2.26. The Morgan fingerprint density at radius 3 is 2.20 bits per heavy atom. The van der Waals surface area contributed by atoms with E-state index in [2.05, 4.69) is 15.4 Å². The number of nitro groups is 3. The Balaban J connectivity index is 2.57. The number of nitro benzene ring substituents is 2. The molecule has 0 aliphatic heterocycles. The van der Waals surface area contributed by atoms with Gasteiger partial charge in [0.1, 0.15) is 0 Å². The molecular formula is C7H3N7O6. The number of hydrogen-bond donors (Lipinski definition) is 0. The van der Waals surface area contributed by atoms with Crippen LogP contribution in [0.3, 0.4) is 0 Å². The van der Waals surface area contributed by atoms with Gasteiger partial charge in [-0.1, -0.05) is 0 Å². The van der Waals surface area contributed by atoms with Gasteiger partial charge in [-0.15, -0.1) is 0 Å². The van der Waals surface area contributed by atoms with Gasteiger partial charge in [0.25, 0.3) is 5.69 Å². The van der Waals surface area contributed by atoms with Crippen molar-refractivity contribution in [2.45, 2.75) is 0 Å². The van der Waals surface area contributed by atoms with Gasteiger partial charge in [-0.05, 0) is 15.8 Å². The van der Waals surface area contributed by atoms with Gasteiger partial charge < -0.3 is 10.1 Å². The van der Waals surface area contributed by atoms with Crippen molar-refractivity contribution in [1.82, 2.24) is 20.2 Å². The van der Waals surface area contributed by atoms with Gasteiger partial charge >= 0.3 is 11.6 Å². The highest BCUT2D eigenvalue weighted by molar-refractivity contribution is 5.57. The summed E-state index contributed by atoms with van der Waals surface area (Å²) in [5.74, 6) is -0.849. The highest BCUT2D eigenvalue weighted by Gasteiger charge is 2.26. The number of rotatable bonds is 4. The van der Waals surface area contributed by atoms with Crippen molar-refractivity contribution in [2.75, 3.05) is 0 Å². The monoisotopic (exact) mass is 281 g/mol. The van der Waals surface area contributed by atoms with Crippen LogP contribution in [0.2, 0.25) is 0 Å². The maximum atomic E-state index is 10.9. The molecular weight excluding hydrogens is 278 g/mol. The highest BCUT2D eigenvalue weighted by atomic mass is 16.6. The van der Waals surface area contributed by atoms with Crippen LogP contribution in [-0.4, -0.2) is 35.0 Å². The van der Waals surface area contributed by atoms with E-state index in [1.165, 1.54) is 0 Å². The molecule has 20 heavy (non-hydrogen) atoms. The summed E-state index contributed by atoms with van der Waals surface area (Å²) in [4.78, 5) is 29.8. The Bertz CT molecular complexity index is 724. The van der Waals surface area contributed by atoms with Gasteiger partial charge in [0.15, 0.2) is 5.69 Å². The minimum Gasteiger partial charge on any atom is -0.390 e. The zero-order chi connectivity index (χ0) is 14.9. The van der Waals surface area contributed by atoms with Crippen molar-refractivity contribution in [1.29, 1.82) is 0 Å². The molecule has 0 aliphatic carbocycles. The summed E-state index contributed by atoms with van der Waals surface area (Å²) < 4.78 is 0. The summed E-state index contributed by atoms with van der Waals surface area (Å²) in [6.07, 6.45) is 0. The molecule has 0 atom stereocenters. The maximum Gasteiger partial charge on any atom is 0.515 e. The molecule has 0 spiro atoms. The molecule has 13 nitrogen and oxygen atoms in total. The molecule has 2 rings (SSSR count). The lowest BCUT2D eigenvalue weighted by Crippen LogP contribution is -2.04. The first kappa shape index (κ1) is 12.9. The van der Waals surface area contributed by atoms with E-state index in [1.807, 2.05) is 0 Å². The van der Waals surface area contributed by atoms with Crippen molar-refractivity contribution in [3.05, 3.63) is 48.5 Å². The minimum absolute atomic E-state index is 0.277. The second kappa shape index (κ2) is 4.63. The molecule has 0 unspecified atom stereocenters. The summed E-state index contributed by atoms with van der Waals surface area (Å²) in [7, 11) is 0. The van der Waals surface area contributed by atoms with Crippen LogP contribution in [0.15, 0.2) is 18.2 Å². The molecule has 0 amide bonds. The molecule has 1 aromatic carbocycles. The fourth-order valence-electron chi connectivity index (χ4n) is 1.32. The van der Waals surface area contributed by atoms with E-state index in [0.29, 0.717) is 10.9 Å². The van der Waals surface area contributed by atoms with E-state index in [1.54, 1.807) is 0 Å². The molecule has 1 heterocycles. The third-order valence-corrected chi connectivity index (χ3v) is 2.15. The molecule has 0 fully saturated rings. The SMILES string of the molecule is O=[N+]([O-])c1ccc(-n2nnc([N+](=O)[O-])n2)c([N+](=O)[O-])c1. The van der Waals surface area contributed by atoms with Crippen LogP contribution < -0.4 is 0 Å². The first-order chi connectivity index (χ1) is 9.40. The number of non-ortho nitro benzene ring substituents is 1. The lowest BCUT2D eigenvalue weighted by molar-refractivity contribution is -0.394. The van der Waals surface area contributed by atoms with Gasteiger partial charge in [-0.2, -0.15) is 0 Å². The molecule has 0 saturated carbocycles. The van der Waals surface area contributed by atoms with Gasteiger partial charge in [0, 0.05) is 6.07 Å². The number of benzene rings is 1. The van der Waals surface area contributed by atoms with E-state index in [-0.39, 0.29) is 5.69 Å². The van der Waals surface area contributed by atoms with E-state index in [0.717, 1.165) is 12.1 Å². The van der Waals surface area contributed by atoms with Crippen molar-refractivity contribution in [2.24, 2.45) is 0 Å². The number of nitrogens with zero attached hydrogens (tertiary/aromatic N) is 7. The van der Waals surface area contributed by atoms with E-state index >= 15 is 0 Å². The molecule has 1 aromatic heterocycles. The predicted octanol–water partition coefficient (Wildman–Crippen LogP) is 0.387. The molecule has 0 saturated heterocycles. The zero-order valence-electron chi connectivity index (χ0n) is 9.31. The Kier molecular flexibility index (Phi) is 3.00. The van der Waals surface area contributed by atoms with E-state index < -0.39 is 32.1 Å². The smallest absolute Gasteiger partial charge is 0.390 e. The van der Waals surface area contributed by atoms with Crippen molar-refractivity contribution < 1.29 is 14.8 Å². The van der Waals surface area contributed by atoms with Crippen molar-refractivity contribution in [3.63, 3.8) is 0 Å². The summed E-state index contributed by atoms with van der Waals surface area (Å²) >= 11 is 0. The maximum absolute atomic E-state index is 10.9. The van der Waals surface area contributed by atoms with Crippen molar-refractivity contribution in [3.8, 4) is 5.69 Å². The quantitative estimate of drug-likeness (QED) is 0.566. The fourth-order valence-corrected chi connectivity index (χ4v) is 1.32.